The predicted octanol–water partition coefficient (Wildman–Crippen LogP) is 4.38. The lowest BCUT2D eigenvalue weighted by atomic mass is 9.45. The number of fused-ring (bicyclic) bond motifs is 1. The molecule has 0 N–H and O–H groups in total. The van der Waals surface area contributed by atoms with Crippen molar-refractivity contribution in [2.45, 2.75) is 44.4 Å². The molecule has 0 spiro atoms. The van der Waals surface area contributed by atoms with Gasteiger partial charge in [0.25, 0.3) is 0 Å². The Balaban J connectivity index is 2.06. The fourth-order valence-corrected chi connectivity index (χ4v) is 4.54. The second-order valence-electron chi connectivity index (χ2n) is 5.67. The van der Waals surface area contributed by atoms with Gasteiger partial charge in [0, 0.05) is 10.9 Å². The van der Waals surface area contributed by atoms with Crippen molar-refractivity contribution in [3.05, 3.63) is 34.9 Å². The third-order valence-corrected chi connectivity index (χ3v) is 5.42. The first kappa shape index (κ1) is 12.2. The van der Waals surface area contributed by atoms with Crippen LogP contribution in [0.25, 0.3) is 0 Å². The number of rotatable bonds is 2. The summed E-state index contributed by atoms with van der Waals surface area (Å²) in [6.07, 6.45) is 5.65. The summed E-state index contributed by atoms with van der Waals surface area (Å²) in [5, 5.41) is 0.761. The van der Waals surface area contributed by atoms with E-state index in [-0.39, 0.29) is 5.41 Å². The van der Waals surface area contributed by atoms with Gasteiger partial charge < -0.3 is 0 Å². The van der Waals surface area contributed by atoms with E-state index in [1.54, 1.807) is 0 Å². The molecular formula is C16H19ClO. The van der Waals surface area contributed by atoms with Crippen molar-refractivity contribution in [1.29, 1.82) is 0 Å². The SMILES string of the molecule is CC[C@]1(c2ccccc2Cl)C(=O)[C@@H]2CCCC[C@@H]21. The summed E-state index contributed by atoms with van der Waals surface area (Å²) in [6, 6.07) is 7.91. The number of carbonyl (C=O) groups is 1. The van der Waals surface area contributed by atoms with Gasteiger partial charge in [0.2, 0.25) is 0 Å². The van der Waals surface area contributed by atoms with E-state index in [4.69, 9.17) is 11.6 Å². The fourth-order valence-electron chi connectivity index (χ4n) is 4.23. The van der Waals surface area contributed by atoms with Crippen LogP contribution >= 0.6 is 11.6 Å². The maximum absolute atomic E-state index is 12.6. The molecule has 0 amide bonds. The van der Waals surface area contributed by atoms with Crippen molar-refractivity contribution in [3.8, 4) is 0 Å². The summed E-state index contributed by atoms with van der Waals surface area (Å²) in [5.41, 5.74) is 0.797. The lowest BCUT2D eigenvalue weighted by Gasteiger charge is -2.56. The number of benzene rings is 1. The minimum absolute atomic E-state index is 0.274. The molecule has 0 radical (unpaired) electrons. The molecule has 0 aromatic heterocycles. The average molecular weight is 263 g/mol. The highest BCUT2D eigenvalue weighted by Gasteiger charge is 2.61. The summed E-state index contributed by atoms with van der Waals surface area (Å²) >= 11 is 6.34. The molecule has 96 valence electrons. The van der Waals surface area contributed by atoms with E-state index in [0.717, 1.165) is 23.4 Å². The van der Waals surface area contributed by atoms with Crippen molar-refractivity contribution in [2.24, 2.45) is 11.8 Å². The molecule has 0 saturated heterocycles. The molecule has 2 aliphatic carbocycles. The molecule has 3 atom stereocenters. The van der Waals surface area contributed by atoms with E-state index in [1.165, 1.54) is 19.3 Å². The first-order valence-electron chi connectivity index (χ1n) is 7.01. The Morgan fingerprint density at radius 2 is 2.00 bits per heavy atom. The molecule has 3 rings (SSSR count). The van der Waals surface area contributed by atoms with Crippen molar-refractivity contribution in [2.75, 3.05) is 0 Å². The fraction of sp³-hybridized carbons (Fsp3) is 0.562. The molecule has 0 heterocycles. The molecule has 1 nitrogen and oxygen atoms in total. The third-order valence-electron chi connectivity index (χ3n) is 5.09. The Kier molecular flexibility index (Phi) is 2.97. The van der Waals surface area contributed by atoms with Gasteiger partial charge in [0.15, 0.2) is 0 Å². The number of hydrogen-bond donors (Lipinski definition) is 0. The highest BCUT2D eigenvalue weighted by Crippen LogP contribution is 2.58. The van der Waals surface area contributed by atoms with Crippen LogP contribution in [-0.2, 0) is 10.2 Å². The van der Waals surface area contributed by atoms with Gasteiger partial charge in [-0.05, 0) is 36.8 Å². The largest absolute Gasteiger partial charge is 0.298 e. The summed E-state index contributed by atoms with van der Waals surface area (Å²) in [5.74, 6) is 1.29. The number of Topliss-reactive ketones (excluding diaryl/α,β-unsaturated/α-hetero) is 1. The molecule has 1 aromatic rings. The van der Waals surface area contributed by atoms with Crippen LogP contribution in [0.2, 0.25) is 5.02 Å². The van der Waals surface area contributed by atoms with Gasteiger partial charge in [-0.3, -0.25) is 4.79 Å². The minimum Gasteiger partial charge on any atom is -0.298 e. The Hall–Kier alpha value is -0.820. The number of ketones is 1. The topological polar surface area (TPSA) is 17.1 Å². The molecule has 2 aliphatic rings. The van der Waals surface area contributed by atoms with Crippen molar-refractivity contribution in [1.82, 2.24) is 0 Å². The Morgan fingerprint density at radius 3 is 2.72 bits per heavy atom. The molecule has 0 unspecified atom stereocenters. The first-order chi connectivity index (χ1) is 8.71. The smallest absolute Gasteiger partial charge is 0.147 e. The van der Waals surface area contributed by atoms with Gasteiger partial charge >= 0.3 is 0 Å². The summed E-state index contributed by atoms with van der Waals surface area (Å²) in [6.45, 7) is 2.13. The maximum atomic E-state index is 12.6. The van der Waals surface area contributed by atoms with Crippen molar-refractivity contribution < 1.29 is 4.79 Å². The normalized spacial score (nSPS) is 34.9. The summed E-state index contributed by atoms with van der Waals surface area (Å²) in [7, 11) is 0. The lowest BCUT2D eigenvalue weighted by molar-refractivity contribution is -0.151. The van der Waals surface area contributed by atoms with Crippen LogP contribution in [0.3, 0.4) is 0 Å². The molecule has 0 aliphatic heterocycles. The van der Waals surface area contributed by atoms with Gasteiger partial charge in [-0.2, -0.15) is 0 Å². The standard InChI is InChI=1S/C16H19ClO/c1-2-16(13-9-5-6-10-14(13)17)12-8-4-3-7-11(12)15(16)18/h5-6,9-12H,2-4,7-8H2,1H3/t11-,12+,16+/m1/s1. The van der Waals surface area contributed by atoms with Crippen LogP contribution in [0.4, 0.5) is 0 Å². The first-order valence-corrected chi connectivity index (χ1v) is 7.39. The quantitative estimate of drug-likeness (QED) is 0.773. The second kappa shape index (κ2) is 4.38. The Morgan fingerprint density at radius 1 is 1.28 bits per heavy atom. The van der Waals surface area contributed by atoms with E-state index in [2.05, 4.69) is 13.0 Å². The van der Waals surface area contributed by atoms with Crippen LogP contribution < -0.4 is 0 Å². The molecule has 2 saturated carbocycles. The zero-order chi connectivity index (χ0) is 12.8. The molecule has 0 bridgehead atoms. The Labute approximate surface area is 114 Å². The maximum Gasteiger partial charge on any atom is 0.147 e. The predicted molar refractivity (Wildman–Crippen MR) is 73.9 cm³/mol. The van der Waals surface area contributed by atoms with Gasteiger partial charge in [0.1, 0.15) is 5.78 Å². The van der Waals surface area contributed by atoms with Gasteiger partial charge in [-0.1, -0.05) is 49.6 Å². The van der Waals surface area contributed by atoms with Crippen LogP contribution in [0.1, 0.15) is 44.6 Å². The molecule has 18 heavy (non-hydrogen) atoms. The van der Waals surface area contributed by atoms with Crippen LogP contribution in [0.15, 0.2) is 24.3 Å². The van der Waals surface area contributed by atoms with Crippen LogP contribution in [0, 0.1) is 11.8 Å². The zero-order valence-electron chi connectivity index (χ0n) is 10.8. The number of carbonyl (C=O) groups excluding carboxylic acids is 1. The van der Waals surface area contributed by atoms with E-state index < -0.39 is 0 Å². The monoisotopic (exact) mass is 262 g/mol. The zero-order valence-corrected chi connectivity index (χ0v) is 11.5. The molecule has 2 heteroatoms. The van der Waals surface area contributed by atoms with Crippen molar-refractivity contribution >= 4 is 17.4 Å². The van der Waals surface area contributed by atoms with Gasteiger partial charge in [0.05, 0.1) is 5.41 Å². The molecule has 1 aromatic carbocycles. The van der Waals surface area contributed by atoms with E-state index in [0.29, 0.717) is 17.6 Å². The molecular weight excluding hydrogens is 244 g/mol. The number of halogens is 1. The highest BCUT2D eigenvalue weighted by molar-refractivity contribution is 6.32. The average Bonchev–Trinajstić information content (AvgIpc) is 2.41. The second-order valence-corrected chi connectivity index (χ2v) is 6.07. The van der Waals surface area contributed by atoms with E-state index >= 15 is 0 Å². The Bertz CT molecular complexity index is 482. The van der Waals surface area contributed by atoms with E-state index in [1.807, 2.05) is 18.2 Å². The highest BCUT2D eigenvalue weighted by atomic mass is 35.5. The lowest BCUT2D eigenvalue weighted by Crippen LogP contribution is -2.61. The van der Waals surface area contributed by atoms with Gasteiger partial charge in [-0.25, -0.2) is 0 Å². The van der Waals surface area contributed by atoms with Crippen LogP contribution in [0.5, 0.6) is 0 Å². The summed E-state index contributed by atoms with van der Waals surface area (Å²) < 4.78 is 0. The third kappa shape index (κ3) is 1.43. The molecule has 2 fully saturated rings. The van der Waals surface area contributed by atoms with Crippen LogP contribution in [-0.4, -0.2) is 5.78 Å². The summed E-state index contributed by atoms with van der Waals surface area (Å²) in [4.78, 5) is 12.6. The van der Waals surface area contributed by atoms with Crippen molar-refractivity contribution in [3.63, 3.8) is 0 Å². The van der Waals surface area contributed by atoms with E-state index in [9.17, 15) is 4.79 Å². The number of hydrogen-bond acceptors (Lipinski definition) is 1. The minimum atomic E-state index is -0.274. The van der Waals surface area contributed by atoms with Gasteiger partial charge in [-0.15, -0.1) is 0 Å².